The van der Waals surface area contributed by atoms with E-state index in [2.05, 4.69) is 27.6 Å². The number of benzene rings is 2. The SMILES string of the molecule is Cc1nc(C2(NC(=O)C(C)Oc3ccc(-c4ccccc4)cc3)CCCCC2)no1. The van der Waals surface area contributed by atoms with Crippen LogP contribution < -0.4 is 10.1 Å². The Hall–Kier alpha value is -3.15. The van der Waals surface area contributed by atoms with Crippen molar-refractivity contribution in [2.24, 2.45) is 0 Å². The number of aryl methyl sites for hydroxylation is 1. The van der Waals surface area contributed by atoms with Crippen LogP contribution in [0.25, 0.3) is 11.1 Å². The standard InChI is InChI=1S/C24H27N3O3/c1-17(29-21-13-11-20(12-14-21)19-9-5-3-6-10-19)22(28)26-24(15-7-4-8-16-24)23-25-18(2)30-27-23/h3,5-6,9-14,17H,4,7-8,15-16H2,1-2H3,(H,26,28). The molecular weight excluding hydrogens is 378 g/mol. The molecule has 3 aromatic rings. The third kappa shape index (κ3) is 4.37. The molecule has 30 heavy (non-hydrogen) atoms. The number of carbonyl (C=O) groups is 1. The average Bonchev–Trinajstić information content (AvgIpc) is 3.22. The summed E-state index contributed by atoms with van der Waals surface area (Å²) in [6.45, 7) is 3.53. The monoisotopic (exact) mass is 405 g/mol. The molecular formula is C24H27N3O3. The molecule has 1 N–H and O–H groups in total. The van der Waals surface area contributed by atoms with Gasteiger partial charge in [-0.25, -0.2) is 0 Å². The molecule has 1 heterocycles. The van der Waals surface area contributed by atoms with Crippen molar-refractivity contribution in [3.63, 3.8) is 0 Å². The fraction of sp³-hybridized carbons (Fsp3) is 0.375. The second kappa shape index (κ2) is 8.69. The molecule has 0 radical (unpaired) electrons. The largest absolute Gasteiger partial charge is 0.481 e. The van der Waals surface area contributed by atoms with Crippen molar-refractivity contribution >= 4 is 5.91 Å². The number of rotatable bonds is 6. The van der Waals surface area contributed by atoms with Gasteiger partial charge in [0.15, 0.2) is 11.9 Å². The lowest BCUT2D eigenvalue weighted by molar-refractivity contribution is -0.130. The summed E-state index contributed by atoms with van der Waals surface area (Å²) >= 11 is 0. The molecule has 1 atom stereocenters. The summed E-state index contributed by atoms with van der Waals surface area (Å²) in [5.74, 6) is 1.55. The number of aromatic nitrogens is 2. The highest BCUT2D eigenvalue weighted by atomic mass is 16.5. The van der Waals surface area contributed by atoms with Crippen LogP contribution in [-0.4, -0.2) is 22.2 Å². The first-order valence-electron chi connectivity index (χ1n) is 10.5. The first-order chi connectivity index (χ1) is 14.6. The van der Waals surface area contributed by atoms with Gasteiger partial charge in [-0.3, -0.25) is 4.79 Å². The summed E-state index contributed by atoms with van der Waals surface area (Å²) in [4.78, 5) is 17.4. The lowest BCUT2D eigenvalue weighted by Gasteiger charge is -2.36. The lowest BCUT2D eigenvalue weighted by atomic mass is 9.81. The number of nitrogens with zero attached hydrogens (tertiary/aromatic N) is 2. The minimum Gasteiger partial charge on any atom is -0.481 e. The summed E-state index contributed by atoms with van der Waals surface area (Å²) in [5, 5.41) is 7.28. The summed E-state index contributed by atoms with van der Waals surface area (Å²) in [7, 11) is 0. The molecule has 1 aliphatic carbocycles. The average molecular weight is 405 g/mol. The predicted molar refractivity (Wildman–Crippen MR) is 114 cm³/mol. The van der Waals surface area contributed by atoms with Gasteiger partial charge in [-0.1, -0.05) is 66.9 Å². The highest BCUT2D eigenvalue weighted by molar-refractivity contribution is 5.81. The third-order valence-electron chi connectivity index (χ3n) is 5.67. The third-order valence-corrected chi connectivity index (χ3v) is 5.67. The molecule has 4 rings (SSSR count). The van der Waals surface area contributed by atoms with Gasteiger partial charge >= 0.3 is 0 Å². The van der Waals surface area contributed by atoms with Gasteiger partial charge in [-0.15, -0.1) is 0 Å². The first-order valence-corrected chi connectivity index (χ1v) is 10.5. The number of nitrogens with one attached hydrogen (secondary N) is 1. The Bertz CT molecular complexity index is 976. The summed E-state index contributed by atoms with van der Waals surface area (Å²) in [6.07, 6.45) is 4.15. The Kier molecular flexibility index (Phi) is 5.84. The van der Waals surface area contributed by atoms with Gasteiger partial charge in [0.05, 0.1) is 0 Å². The molecule has 1 aliphatic rings. The maximum Gasteiger partial charge on any atom is 0.261 e. The second-order valence-corrected chi connectivity index (χ2v) is 7.92. The van der Waals surface area contributed by atoms with E-state index in [0.717, 1.165) is 43.2 Å². The molecule has 6 heteroatoms. The number of ether oxygens (including phenoxy) is 1. The van der Waals surface area contributed by atoms with E-state index >= 15 is 0 Å². The van der Waals surface area contributed by atoms with Crippen LogP contribution in [0, 0.1) is 6.92 Å². The number of hydrogen-bond acceptors (Lipinski definition) is 5. The molecule has 0 saturated heterocycles. The van der Waals surface area contributed by atoms with Crippen molar-refractivity contribution in [1.82, 2.24) is 15.5 Å². The lowest BCUT2D eigenvalue weighted by Crippen LogP contribution is -2.51. The molecule has 1 unspecified atom stereocenters. The van der Waals surface area contributed by atoms with Crippen LogP contribution in [0.4, 0.5) is 0 Å². The fourth-order valence-electron chi connectivity index (χ4n) is 4.01. The maximum absolute atomic E-state index is 13.0. The normalized spacial score (nSPS) is 16.6. The number of amides is 1. The van der Waals surface area contributed by atoms with Crippen LogP contribution in [0.2, 0.25) is 0 Å². The van der Waals surface area contributed by atoms with Crippen molar-refractivity contribution in [3.05, 3.63) is 66.3 Å². The Morgan fingerprint density at radius 1 is 1.03 bits per heavy atom. The molecule has 156 valence electrons. The van der Waals surface area contributed by atoms with Crippen LogP contribution >= 0.6 is 0 Å². The smallest absolute Gasteiger partial charge is 0.261 e. The molecule has 1 aromatic heterocycles. The summed E-state index contributed by atoms with van der Waals surface area (Å²) < 4.78 is 11.1. The van der Waals surface area contributed by atoms with Crippen LogP contribution in [0.1, 0.15) is 50.7 Å². The summed E-state index contributed by atoms with van der Waals surface area (Å²) in [6, 6.07) is 17.9. The van der Waals surface area contributed by atoms with Gasteiger partial charge in [-0.2, -0.15) is 4.98 Å². The fourth-order valence-corrected chi connectivity index (χ4v) is 4.01. The van der Waals surface area contributed by atoms with Gasteiger partial charge in [0, 0.05) is 6.92 Å². The van der Waals surface area contributed by atoms with E-state index in [-0.39, 0.29) is 5.91 Å². The summed E-state index contributed by atoms with van der Waals surface area (Å²) in [5.41, 5.74) is 1.67. The van der Waals surface area contributed by atoms with Crippen molar-refractivity contribution in [2.75, 3.05) is 0 Å². The number of carbonyl (C=O) groups excluding carboxylic acids is 1. The quantitative estimate of drug-likeness (QED) is 0.638. The minimum absolute atomic E-state index is 0.175. The Labute approximate surface area is 176 Å². The van der Waals surface area contributed by atoms with E-state index < -0.39 is 11.6 Å². The Morgan fingerprint density at radius 3 is 2.33 bits per heavy atom. The van der Waals surface area contributed by atoms with Crippen molar-refractivity contribution in [1.29, 1.82) is 0 Å². The molecule has 1 fully saturated rings. The maximum atomic E-state index is 13.0. The molecule has 0 bridgehead atoms. The predicted octanol–water partition coefficient (Wildman–Crippen LogP) is 4.79. The van der Waals surface area contributed by atoms with Crippen LogP contribution in [0.15, 0.2) is 59.1 Å². The van der Waals surface area contributed by atoms with Crippen molar-refractivity contribution in [2.45, 2.75) is 57.6 Å². The topological polar surface area (TPSA) is 77.2 Å². The van der Waals surface area contributed by atoms with Gasteiger partial charge in [-0.05, 0) is 43.0 Å². The number of hydrogen-bond donors (Lipinski definition) is 1. The van der Waals surface area contributed by atoms with E-state index in [1.165, 1.54) is 0 Å². The Balaban J connectivity index is 1.44. The van der Waals surface area contributed by atoms with Gasteiger partial charge < -0.3 is 14.6 Å². The van der Waals surface area contributed by atoms with Crippen LogP contribution in [-0.2, 0) is 10.3 Å². The van der Waals surface area contributed by atoms with E-state index in [0.29, 0.717) is 17.5 Å². The van der Waals surface area contributed by atoms with Crippen LogP contribution in [0.5, 0.6) is 5.75 Å². The van der Waals surface area contributed by atoms with Crippen molar-refractivity contribution in [3.8, 4) is 16.9 Å². The van der Waals surface area contributed by atoms with Crippen LogP contribution in [0.3, 0.4) is 0 Å². The van der Waals surface area contributed by atoms with Gasteiger partial charge in [0.2, 0.25) is 5.89 Å². The van der Waals surface area contributed by atoms with Crippen molar-refractivity contribution < 1.29 is 14.1 Å². The molecule has 0 aliphatic heterocycles. The van der Waals surface area contributed by atoms with E-state index in [4.69, 9.17) is 9.26 Å². The molecule has 1 saturated carbocycles. The highest BCUT2D eigenvalue weighted by Gasteiger charge is 2.40. The Morgan fingerprint density at radius 2 is 1.70 bits per heavy atom. The van der Waals surface area contributed by atoms with Gasteiger partial charge in [0.25, 0.3) is 5.91 Å². The molecule has 1 amide bonds. The van der Waals surface area contributed by atoms with E-state index in [9.17, 15) is 4.79 Å². The van der Waals surface area contributed by atoms with E-state index in [1.54, 1.807) is 13.8 Å². The molecule has 0 spiro atoms. The zero-order valence-electron chi connectivity index (χ0n) is 17.4. The second-order valence-electron chi connectivity index (χ2n) is 7.92. The minimum atomic E-state index is -0.639. The zero-order valence-corrected chi connectivity index (χ0v) is 17.4. The molecule has 2 aromatic carbocycles. The van der Waals surface area contributed by atoms with E-state index in [1.807, 2.05) is 42.5 Å². The highest BCUT2D eigenvalue weighted by Crippen LogP contribution is 2.36. The zero-order chi connectivity index (χ0) is 21.0. The van der Waals surface area contributed by atoms with Gasteiger partial charge in [0.1, 0.15) is 11.3 Å². The first kappa shape index (κ1) is 20.1. The molecule has 6 nitrogen and oxygen atoms in total.